The van der Waals surface area contributed by atoms with Crippen LogP contribution in [0, 0.1) is 5.92 Å². The fourth-order valence-corrected chi connectivity index (χ4v) is 4.16. The highest BCUT2D eigenvalue weighted by Crippen LogP contribution is 2.40. The van der Waals surface area contributed by atoms with Crippen molar-refractivity contribution < 1.29 is 9.59 Å². The van der Waals surface area contributed by atoms with Crippen LogP contribution in [0.1, 0.15) is 36.0 Å². The van der Waals surface area contributed by atoms with E-state index in [4.69, 9.17) is 5.73 Å². The maximum Gasteiger partial charge on any atom is 0.240 e. The molecule has 4 nitrogen and oxygen atoms in total. The predicted molar refractivity (Wildman–Crippen MR) is 118 cm³/mol. The van der Waals surface area contributed by atoms with Crippen molar-refractivity contribution >= 4 is 11.8 Å². The molecule has 0 aromatic heterocycles. The molecule has 1 aliphatic carbocycles. The average Bonchev–Trinajstić information content (AvgIpc) is 3.60. The van der Waals surface area contributed by atoms with Crippen LogP contribution in [0.5, 0.6) is 0 Å². The third kappa shape index (κ3) is 3.86. The van der Waals surface area contributed by atoms with Crippen LogP contribution in [0.3, 0.4) is 0 Å². The molecule has 152 valence electrons. The zero-order valence-electron chi connectivity index (χ0n) is 16.8. The van der Waals surface area contributed by atoms with Crippen LogP contribution in [0.2, 0.25) is 0 Å². The van der Waals surface area contributed by atoms with Crippen molar-refractivity contribution in [1.82, 2.24) is 5.32 Å². The van der Waals surface area contributed by atoms with Gasteiger partial charge in [0.2, 0.25) is 11.8 Å². The lowest BCUT2D eigenvalue weighted by Gasteiger charge is -2.35. The Morgan fingerprint density at radius 1 is 0.800 bits per heavy atom. The molecule has 3 N–H and O–H groups in total. The molecule has 30 heavy (non-hydrogen) atoms. The van der Waals surface area contributed by atoms with Gasteiger partial charge in [0.1, 0.15) is 11.5 Å². The van der Waals surface area contributed by atoms with Crippen LogP contribution in [0.4, 0.5) is 0 Å². The molecule has 4 heteroatoms. The summed E-state index contributed by atoms with van der Waals surface area (Å²) in [7, 11) is 0. The van der Waals surface area contributed by atoms with Crippen molar-refractivity contribution in [2.75, 3.05) is 0 Å². The molecule has 1 fully saturated rings. The number of hydrogen-bond acceptors (Lipinski definition) is 2. The summed E-state index contributed by atoms with van der Waals surface area (Å²) in [5, 5.41) is 3.01. The van der Waals surface area contributed by atoms with Gasteiger partial charge in [-0.1, -0.05) is 104 Å². The first kappa shape index (κ1) is 19.9. The highest BCUT2D eigenvalue weighted by Gasteiger charge is 2.45. The minimum absolute atomic E-state index is 0.240. The Morgan fingerprint density at radius 3 is 1.53 bits per heavy atom. The first-order chi connectivity index (χ1) is 14.6. The van der Waals surface area contributed by atoms with E-state index in [2.05, 4.69) is 5.32 Å². The molecular weight excluding hydrogens is 372 g/mol. The smallest absolute Gasteiger partial charge is 0.240 e. The van der Waals surface area contributed by atoms with E-state index in [-0.39, 0.29) is 5.91 Å². The van der Waals surface area contributed by atoms with Crippen molar-refractivity contribution in [3.8, 4) is 0 Å². The van der Waals surface area contributed by atoms with Crippen LogP contribution in [-0.2, 0) is 15.0 Å². The first-order valence-electron chi connectivity index (χ1n) is 10.4. The van der Waals surface area contributed by atoms with Crippen LogP contribution < -0.4 is 11.1 Å². The van der Waals surface area contributed by atoms with E-state index in [1.807, 2.05) is 91.0 Å². The Bertz CT molecular complexity index is 902. The normalized spacial score (nSPS) is 14.7. The van der Waals surface area contributed by atoms with Gasteiger partial charge in [-0.05, 0) is 29.0 Å². The second kappa shape index (κ2) is 8.54. The third-order valence-corrected chi connectivity index (χ3v) is 5.88. The molecule has 1 atom stereocenters. The van der Waals surface area contributed by atoms with E-state index >= 15 is 0 Å². The van der Waals surface area contributed by atoms with E-state index in [0.29, 0.717) is 12.3 Å². The van der Waals surface area contributed by atoms with Gasteiger partial charge < -0.3 is 11.1 Å². The minimum atomic E-state index is -1.10. The molecule has 3 aromatic rings. The molecule has 0 heterocycles. The quantitative estimate of drug-likeness (QED) is 0.567. The number of primary amides is 1. The van der Waals surface area contributed by atoms with Crippen molar-refractivity contribution in [2.24, 2.45) is 11.7 Å². The lowest BCUT2D eigenvalue weighted by molar-refractivity contribution is -0.129. The second-order valence-corrected chi connectivity index (χ2v) is 7.96. The van der Waals surface area contributed by atoms with Crippen LogP contribution in [0.25, 0.3) is 0 Å². The zero-order valence-corrected chi connectivity index (χ0v) is 16.8. The molecule has 0 unspecified atom stereocenters. The highest BCUT2D eigenvalue weighted by molar-refractivity contribution is 5.98. The van der Waals surface area contributed by atoms with Gasteiger partial charge in [0.15, 0.2) is 0 Å². The lowest BCUT2D eigenvalue weighted by atomic mass is 9.68. The van der Waals surface area contributed by atoms with Crippen molar-refractivity contribution in [1.29, 1.82) is 0 Å². The number of hydrogen-bond donors (Lipinski definition) is 2. The van der Waals surface area contributed by atoms with E-state index in [1.165, 1.54) is 0 Å². The maximum absolute atomic E-state index is 14.1. The first-order valence-corrected chi connectivity index (χ1v) is 10.4. The largest absolute Gasteiger partial charge is 0.368 e. The number of carbonyl (C=O) groups is 2. The zero-order chi connectivity index (χ0) is 21.0. The summed E-state index contributed by atoms with van der Waals surface area (Å²) in [6.07, 6.45) is 2.76. The summed E-state index contributed by atoms with van der Waals surface area (Å²) < 4.78 is 0. The van der Waals surface area contributed by atoms with Gasteiger partial charge in [0, 0.05) is 0 Å². The predicted octanol–water partition coefficient (Wildman–Crippen LogP) is 3.79. The average molecular weight is 399 g/mol. The lowest BCUT2D eigenvalue weighted by Crippen LogP contribution is -2.53. The van der Waals surface area contributed by atoms with Crippen molar-refractivity contribution in [3.05, 3.63) is 108 Å². The summed E-state index contributed by atoms with van der Waals surface area (Å²) in [5.74, 6) is -0.267. The SMILES string of the molecule is NC(=O)[C@@H](CC1CC1)NC(=O)C(c1ccccc1)(c1ccccc1)c1ccccc1. The van der Waals surface area contributed by atoms with Gasteiger partial charge in [0.05, 0.1) is 0 Å². The number of amides is 2. The molecule has 0 radical (unpaired) electrons. The molecule has 2 amide bonds. The molecule has 1 saturated carbocycles. The Balaban J connectivity index is 1.88. The summed E-state index contributed by atoms with van der Waals surface area (Å²) in [6, 6.07) is 28.4. The van der Waals surface area contributed by atoms with Gasteiger partial charge in [-0.3, -0.25) is 9.59 Å². The minimum Gasteiger partial charge on any atom is -0.368 e. The highest BCUT2D eigenvalue weighted by atomic mass is 16.2. The second-order valence-electron chi connectivity index (χ2n) is 7.96. The molecule has 0 spiro atoms. The van der Waals surface area contributed by atoms with Crippen LogP contribution in [0.15, 0.2) is 91.0 Å². The monoisotopic (exact) mass is 398 g/mol. The molecule has 0 bridgehead atoms. The van der Waals surface area contributed by atoms with Gasteiger partial charge in [-0.25, -0.2) is 0 Å². The Hall–Kier alpha value is -3.40. The van der Waals surface area contributed by atoms with E-state index < -0.39 is 17.4 Å². The molecular formula is C26H26N2O2. The fourth-order valence-electron chi connectivity index (χ4n) is 4.16. The Kier molecular flexibility index (Phi) is 5.66. The standard InChI is InChI=1S/C26H26N2O2/c27-24(29)23(18-19-16-17-19)28-25(30)26(20-10-4-1-5-11-20,21-12-6-2-7-13-21)22-14-8-3-9-15-22/h1-15,19,23H,16-18H2,(H2,27,29)(H,28,30)/t23-/m1/s1. The fraction of sp³-hybridized carbons (Fsp3) is 0.231. The van der Waals surface area contributed by atoms with Gasteiger partial charge in [-0.15, -0.1) is 0 Å². The summed E-state index contributed by atoms with van der Waals surface area (Å²) in [5.41, 5.74) is 7.10. The summed E-state index contributed by atoms with van der Waals surface area (Å²) in [4.78, 5) is 26.2. The Morgan fingerprint density at radius 2 is 1.20 bits per heavy atom. The van der Waals surface area contributed by atoms with Crippen molar-refractivity contribution in [2.45, 2.75) is 30.7 Å². The topological polar surface area (TPSA) is 72.2 Å². The molecule has 0 aliphatic heterocycles. The summed E-state index contributed by atoms with van der Waals surface area (Å²) in [6.45, 7) is 0. The third-order valence-electron chi connectivity index (χ3n) is 5.88. The maximum atomic E-state index is 14.1. The van der Waals surface area contributed by atoms with Gasteiger partial charge >= 0.3 is 0 Å². The van der Waals surface area contributed by atoms with Crippen LogP contribution >= 0.6 is 0 Å². The Labute approximate surface area is 177 Å². The van der Waals surface area contributed by atoms with Gasteiger partial charge in [-0.2, -0.15) is 0 Å². The van der Waals surface area contributed by atoms with E-state index in [1.54, 1.807) is 0 Å². The number of rotatable bonds is 8. The molecule has 3 aromatic carbocycles. The molecule has 0 saturated heterocycles. The van der Waals surface area contributed by atoms with E-state index in [0.717, 1.165) is 29.5 Å². The van der Waals surface area contributed by atoms with Gasteiger partial charge in [0.25, 0.3) is 0 Å². The number of benzene rings is 3. The number of nitrogens with one attached hydrogen (secondary N) is 1. The molecule has 1 aliphatic rings. The molecule has 4 rings (SSSR count). The van der Waals surface area contributed by atoms with Crippen molar-refractivity contribution in [3.63, 3.8) is 0 Å². The van der Waals surface area contributed by atoms with E-state index in [9.17, 15) is 9.59 Å². The number of nitrogens with two attached hydrogens (primary N) is 1. The summed E-state index contributed by atoms with van der Waals surface area (Å²) >= 11 is 0. The number of carbonyl (C=O) groups excluding carboxylic acids is 2. The van der Waals surface area contributed by atoms with Crippen LogP contribution in [-0.4, -0.2) is 17.9 Å².